The van der Waals surface area contributed by atoms with Crippen molar-refractivity contribution in [1.82, 2.24) is 5.32 Å². The Balaban J connectivity index is 2.55. The molecule has 3 N–H and O–H groups in total. The van der Waals surface area contributed by atoms with E-state index in [-0.39, 0.29) is 18.6 Å². The summed E-state index contributed by atoms with van der Waals surface area (Å²) in [5, 5.41) is 2.80. The fourth-order valence-corrected chi connectivity index (χ4v) is 1.82. The lowest BCUT2D eigenvalue weighted by Gasteiger charge is -2.14. The summed E-state index contributed by atoms with van der Waals surface area (Å²) in [5.41, 5.74) is 7.27. The average Bonchev–Trinajstić information content (AvgIpc) is 2.44. The van der Waals surface area contributed by atoms with Crippen molar-refractivity contribution in [1.29, 1.82) is 0 Å². The molecule has 1 aromatic carbocycles. The molecule has 0 atom stereocenters. The second kappa shape index (κ2) is 7.53. The molecule has 0 spiro atoms. The van der Waals surface area contributed by atoms with Crippen molar-refractivity contribution in [2.75, 3.05) is 12.3 Å². The monoisotopic (exact) mass is 278 g/mol. The fourth-order valence-electron chi connectivity index (χ4n) is 1.82. The van der Waals surface area contributed by atoms with E-state index in [2.05, 4.69) is 5.32 Å². The van der Waals surface area contributed by atoms with E-state index in [9.17, 15) is 9.59 Å². The average molecular weight is 278 g/mol. The lowest BCUT2D eigenvalue weighted by atomic mass is 10.1. The lowest BCUT2D eigenvalue weighted by Crippen LogP contribution is -2.36. The summed E-state index contributed by atoms with van der Waals surface area (Å²) >= 11 is 0. The van der Waals surface area contributed by atoms with Crippen LogP contribution >= 0.6 is 0 Å². The molecule has 0 aromatic heterocycles. The number of nitrogens with two attached hydrogens (primary N) is 1. The lowest BCUT2D eigenvalue weighted by molar-refractivity contribution is -0.125. The van der Waals surface area contributed by atoms with Gasteiger partial charge in [0, 0.05) is 11.7 Å². The van der Waals surface area contributed by atoms with E-state index >= 15 is 0 Å². The van der Waals surface area contributed by atoms with Gasteiger partial charge in [-0.25, -0.2) is 4.79 Å². The van der Waals surface area contributed by atoms with Crippen LogP contribution < -0.4 is 11.1 Å². The number of amides is 1. The van der Waals surface area contributed by atoms with Crippen LogP contribution in [0.1, 0.15) is 42.6 Å². The number of nitrogen functional groups attached to an aromatic ring is 1. The maximum absolute atomic E-state index is 11.9. The summed E-state index contributed by atoms with van der Waals surface area (Å²) in [6.45, 7) is 5.56. The number of hydrogen-bond donors (Lipinski definition) is 2. The predicted molar refractivity (Wildman–Crippen MR) is 78.4 cm³/mol. The number of aryl methyl sites for hydroxylation is 1. The molecular formula is C15H22N2O3. The minimum Gasteiger partial charge on any atom is -0.452 e. The number of rotatable bonds is 6. The van der Waals surface area contributed by atoms with Gasteiger partial charge in [-0.05, 0) is 31.9 Å². The molecule has 0 aliphatic carbocycles. The minimum atomic E-state index is -0.578. The largest absolute Gasteiger partial charge is 0.452 e. The Kier molecular flexibility index (Phi) is 6.03. The van der Waals surface area contributed by atoms with E-state index in [4.69, 9.17) is 10.5 Å². The number of esters is 1. The normalized spacial score (nSPS) is 10.4. The van der Waals surface area contributed by atoms with Crippen LogP contribution in [0.2, 0.25) is 0 Å². The third-order valence-corrected chi connectivity index (χ3v) is 3.11. The molecule has 20 heavy (non-hydrogen) atoms. The minimum absolute atomic E-state index is 0.116. The number of carbonyl (C=O) groups is 2. The Bertz CT molecular complexity index is 482. The second-order valence-corrected chi connectivity index (χ2v) is 4.75. The van der Waals surface area contributed by atoms with Crippen molar-refractivity contribution in [2.45, 2.75) is 39.7 Å². The van der Waals surface area contributed by atoms with Gasteiger partial charge in [-0.15, -0.1) is 0 Å². The highest BCUT2D eigenvalue weighted by Crippen LogP contribution is 2.14. The Morgan fingerprint density at radius 2 is 1.95 bits per heavy atom. The van der Waals surface area contributed by atoms with Gasteiger partial charge < -0.3 is 15.8 Å². The molecule has 0 unspecified atom stereocenters. The molecule has 0 heterocycles. The van der Waals surface area contributed by atoms with Gasteiger partial charge in [0.1, 0.15) is 0 Å². The first-order valence-corrected chi connectivity index (χ1v) is 6.80. The first-order valence-electron chi connectivity index (χ1n) is 6.80. The zero-order chi connectivity index (χ0) is 15.1. The van der Waals surface area contributed by atoms with E-state index in [1.165, 1.54) is 0 Å². The van der Waals surface area contributed by atoms with Crippen LogP contribution in [0.15, 0.2) is 18.2 Å². The molecule has 1 amide bonds. The van der Waals surface area contributed by atoms with E-state index in [1.54, 1.807) is 12.1 Å². The Morgan fingerprint density at radius 1 is 1.30 bits per heavy atom. The standard InChI is InChI=1S/C15H22N2O3/c1-4-11(5-2)17-14(18)9-20-15(19)12-8-10(3)6-7-13(12)16/h6-8,11H,4-5,9,16H2,1-3H3,(H,17,18). The molecule has 0 aliphatic heterocycles. The molecule has 0 fully saturated rings. The van der Waals surface area contributed by atoms with Crippen molar-refractivity contribution in [2.24, 2.45) is 0 Å². The van der Waals surface area contributed by atoms with E-state index < -0.39 is 5.97 Å². The molecule has 0 saturated carbocycles. The van der Waals surface area contributed by atoms with Crippen LogP contribution in [-0.4, -0.2) is 24.5 Å². The van der Waals surface area contributed by atoms with Gasteiger partial charge in [-0.3, -0.25) is 4.79 Å². The summed E-state index contributed by atoms with van der Waals surface area (Å²) in [5.74, 6) is -0.871. The number of benzene rings is 1. The topological polar surface area (TPSA) is 81.4 Å². The maximum atomic E-state index is 11.9. The number of hydrogen-bond acceptors (Lipinski definition) is 4. The zero-order valence-corrected chi connectivity index (χ0v) is 12.2. The van der Waals surface area contributed by atoms with Crippen LogP contribution in [0.4, 0.5) is 5.69 Å². The van der Waals surface area contributed by atoms with Crippen molar-refractivity contribution in [3.05, 3.63) is 29.3 Å². The Hall–Kier alpha value is -2.04. The zero-order valence-electron chi connectivity index (χ0n) is 12.2. The van der Waals surface area contributed by atoms with Crippen molar-refractivity contribution in [3.8, 4) is 0 Å². The van der Waals surface area contributed by atoms with Gasteiger partial charge in [0.15, 0.2) is 6.61 Å². The third-order valence-electron chi connectivity index (χ3n) is 3.11. The quantitative estimate of drug-likeness (QED) is 0.616. The van der Waals surface area contributed by atoms with Gasteiger partial charge in [0.25, 0.3) is 5.91 Å². The van der Waals surface area contributed by atoms with Crippen molar-refractivity contribution >= 4 is 17.6 Å². The van der Waals surface area contributed by atoms with Gasteiger partial charge in [0.05, 0.1) is 5.56 Å². The molecule has 0 bridgehead atoms. The summed E-state index contributed by atoms with van der Waals surface area (Å²) in [6, 6.07) is 5.23. The van der Waals surface area contributed by atoms with Crippen LogP contribution in [0.25, 0.3) is 0 Å². The number of anilines is 1. The van der Waals surface area contributed by atoms with E-state index in [0.717, 1.165) is 18.4 Å². The van der Waals surface area contributed by atoms with Gasteiger partial charge in [-0.1, -0.05) is 25.5 Å². The van der Waals surface area contributed by atoms with Crippen molar-refractivity contribution < 1.29 is 14.3 Å². The third kappa shape index (κ3) is 4.57. The van der Waals surface area contributed by atoms with E-state index in [0.29, 0.717) is 11.3 Å². The SMILES string of the molecule is CCC(CC)NC(=O)COC(=O)c1cc(C)ccc1N. The molecule has 1 aromatic rings. The highest BCUT2D eigenvalue weighted by atomic mass is 16.5. The molecule has 5 nitrogen and oxygen atoms in total. The number of ether oxygens (including phenoxy) is 1. The summed E-state index contributed by atoms with van der Waals surface area (Å²) in [7, 11) is 0. The molecular weight excluding hydrogens is 256 g/mol. The molecule has 0 radical (unpaired) electrons. The summed E-state index contributed by atoms with van der Waals surface area (Å²) in [6.07, 6.45) is 1.70. The fraction of sp³-hybridized carbons (Fsp3) is 0.467. The number of nitrogens with one attached hydrogen (secondary N) is 1. The van der Waals surface area contributed by atoms with Crippen molar-refractivity contribution in [3.63, 3.8) is 0 Å². The Labute approximate surface area is 119 Å². The summed E-state index contributed by atoms with van der Waals surface area (Å²) < 4.78 is 4.98. The van der Waals surface area contributed by atoms with Crippen LogP contribution in [0, 0.1) is 6.92 Å². The van der Waals surface area contributed by atoms with E-state index in [1.807, 2.05) is 26.8 Å². The molecule has 0 aliphatic rings. The summed E-state index contributed by atoms with van der Waals surface area (Å²) in [4.78, 5) is 23.5. The smallest absolute Gasteiger partial charge is 0.340 e. The van der Waals surface area contributed by atoms with Gasteiger partial charge >= 0.3 is 5.97 Å². The molecule has 110 valence electrons. The first kappa shape index (κ1) is 16.0. The highest BCUT2D eigenvalue weighted by molar-refractivity contribution is 5.96. The number of carbonyl (C=O) groups excluding carboxylic acids is 2. The second-order valence-electron chi connectivity index (χ2n) is 4.75. The van der Waals surface area contributed by atoms with Gasteiger partial charge in [-0.2, -0.15) is 0 Å². The molecule has 1 rings (SSSR count). The first-order chi connectivity index (χ1) is 9.47. The molecule has 5 heteroatoms. The van der Waals surface area contributed by atoms with Gasteiger partial charge in [0.2, 0.25) is 0 Å². The highest BCUT2D eigenvalue weighted by Gasteiger charge is 2.14. The Morgan fingerprint density at radius 3 is 2.55 bits per heavy atom. The van der Waals surface area contributed by atoms with Crippen LogP contribution in [-0.2, 0) is 9.53 Å². The van der Waals surface area contributed by atoms with Crippen LogP contribution in [0.5, 0.6) is 0 Å². The predicted octanol–water partition coefficient (Wildman–Crippen LogP) is 2.04. The van der Waals surface area contributed by atoms with Crippen LogP contribution in [0.3, 0.4) is 0 Å². The maximum Gasteiger partial charge on any atom is 0.340 e. The molecule has 0 saturated heterocycles.